The fourth-order valence-corrected chi connectivity index (χ4v) is 12.6. The summed E-state index contributed by atoms with van der Waals surface area (Å²) in [6, 6.07) is 0. The predicted molar refractivity (Wildman–Crippen MR) is 422 cm³/mol. The number of nitrogens with two attached hydrogens (primary N) is 1. The van der Waals surface area contributed by atoms with Crippen LogP contribution in [-0.4, -0.2) is 49.3 Å². The fourth-order valence-electron chi connectivity index (χ4n) is 11.9. The van der Waals surface area contributed by atoms with E-state index in [2.05, 4.69) is 135 Å². The highest BCUT2D eigenvalue weighted by molar-refractivity contribution is 7.47. The average Bonchev–Trinajstić information content (AvgIpc) is 2.17. The molecule has 0 aliphatic heterocycles. The summed E-state index contributed by atoms with van der Waals surface area (Å²) < 4.78 is 33.3. The Bertz CT molecular complexity index is 2020. The Morgan fingerprint density at radius 1 is 0.309 bits per heavy atom. The van der Waals surface area contributed by atoms with Gasteiger partial charge in [-0.15, -0.1) is 0 Å². The quantitative estimate of drug-likeness (QED) is 0.0264. The lowest BCUT2D eigenvalue weighted by molar-refractivity contribution is -0.161. The molecule has 2 unspecified atom stereocenters. The fraction of sp³-hybridized carbons (Fsp3) is 0.747. The van der Waals surface area contributed by atoms with Gasteiger partial charge < -0.3 is 20.1 Å². The van der Waals surface area contributed by atoms with Crippen molar-refractivity contribution < 1.29 is 37.6 Å². The van der Waals surface area contributed by atoms with Crippen molar-refractivity contribution in [3.05, 3.63) is 122 Å². The first-order valence-electron chi connectivity index (χ1n) is 41.0. The molecule has 560 valence electrons. The Labute approximate surface area is 600 Å². The van der Waals surface area contributed by atoms with Gasteiger partial charge in [0.25, 0.3) is 0 Å². The van der Waals surface area contributed by atoms with Crippen LogP contribution in [0.5, 0.6) is 0 Å². The molecule has 0 radical (unpaired) electrons. The maximum atomic E-state index is 12.8. The van der Waals surface area contributed by atoms with Gasteiger partial charge in [0.2, 0.25) is 0 Å². The summed E-state index contributed by atoms with van der Waals surface area (Å²) in [4.78, 5) is 35.5. The van der Waals surface area contributed by atoms with Crippen molar-refractivity contribution in [2.75, 3.05) is 26.4 Å². The lowest BCUT2D eigenvalue weighted by Gasteiger charge is -2.19. The zero-order valence-corrected chi connectivity index (χ0v) is 64.2. The third-order valence-electron chi connectivity index (χ3n) is 17.8. The van der Waals surface area contributed by atoms with Crippen molar-refractivity contribution in [2.45, 2.75) is 392 Å². The van der Waals surface area contributed by atoms with Crippen molar-refractivity contribution in [3.8, 4) is 0 Å². The van der Waals surface area contributed by atoms with Gasteiger partial charge in [0.15, 0.2) is 6.10 Å². The first-order valence-corrected chi connectivity index (χ1v) is 42.5. The second kappa shape index (κ2) is 81.4. The van der Waals surface area contributed by atoms with Gasteiger partial charge in [-0.2, -0.15) is 0 Å². The highest BCUT2D eigenvalue weighted by Gasteiger charge is 2.26. The lowest BCUT2D eigenvalue weighted by Crippen LogP contribution is -2.29. The number of phosphoric ester groups is 1. The van der Waals surface area contributed by atoms with Gasteiger partial charge in [-0.05, 0) is 103 Å². The average molecular weight is 1370 g/mol. The van der Waals surface area contributed by atoms with Crippen LogP contribution in [0.3, 0.4) is 0 Å². The van der Waals surface area contributed by atoms with Crippen LogP contribution < -0.4 is 5.73 Å². The molecule has 0 amide bonds. The topological polar surface area (TPSA) is 134 Å². The van der Waals surface area contributed by atoms with Gasteiger partial charge in [-0.1, -0.05) is 392 Å². The molecule has 0 fully saturated rings. The van der Waals surface area contributed by atoms with E-state index in [4.69, 9.17) is 24.3 Å². The summed E-state index contributed by atoms with van der Waals surface area (Å²) >= 11 is 0. The summed E-state index contributed by atoms with van der Waals surface area (Å²) in [7, 11) is -4.40. The number of unbranched alkanes of at least 4 members (excludes halogenated alkanes) is 44. The molecular formula is C87H154NO8P. The molecule has 0 aromatic heterocycles. The highest BCUT2D eigenvalue weighted by atomic mass is 31.2. The molecule has 0 aromatic rings. The lowest BCUT2D eigenvalue weighted by atomic mass is 10.0. The Morgan fingerprint density at radius 3 is 0.794 bits per heavy atom. The van der Waals surface area contributed by atoms with E-state index < -0.39 is 26.5 Å². The van der Waals surface area contributed by atoms with E-state index in [1.54, 1.807) is 0 Å². The third-order valence-corrected chi connectivity index (χ3v) is 18.8. The number of ether oxygens (including phenoxy) is 2. The molecule has 0 aliphatic carbocycles. The number of esters is 2. The van der Waals surface area contributed by atoms with E-state index in [1.807, 2.05) is 0 Å². The van der Waals surface area contributed by atoms with Crippen LogP contribution in [0.2, 0.25) is 0 Å². The van der Waals surface area contributed by atoms with Crippen molar-refractivity contribution in [2.24, 2.45) is 5.73 Å². The van der Waals surface area contributed by atoms with Gasteiger partial charge in [0.1, 0.15) is 6.61 Å². The largest absolute Gasteiger partial charge is 0.472 e. The molecule has 0 aliphatic rings. The molecule has 9 nitrogen and oxygen atoms in total. The number of carbonyl (C=O) groups excluding carboxylic acids is 2. The number of hydrogen-bond donors (Lipinski definition) is 2. The summed E-state index contributed by atoms with van der Waals surface area (Å²) in [5, 5.41) is 0. The number of carbonyl (C=O) groups is 2. The SMILES string of the molecule is CC/C=C\C/C=C\C/C=C\C/C=C\C/C=C\C/C=C\CCCCCCCCCCCCCCCCCCCCC(=O)OC(COC(=O)CCCCCCCCCCCCCCCCCCCCCCCCCCCC/C=C\C/C=C\C/C=C\C/C=C\CC)COP(=O)(O)OCCN. The Balaban J connectivity index is 3.77. The smallest absolute Gasteiger partial charge is 0.462 e. The van der Waals surface area contributed by atoms with Gasteiger partial charge >= 0.3 is 19.8 Å². The van der Waals surface area contributed by atoms with E-state index in [-0.39, 0.29) is 38.6 Å². The van der Waals surface area contributed by atoms with Crippen LogP contribution >= 0.6 is 7.82 Å². The summed E-state index contributed by atoms with van der Waals surface area (Å²) in [5.74, 6) is -0.810. The van der Waals surface area contributed by atoms with E-state index in [0.717, 1.165) is 103 Å². The van der Waals surface area contributed by atoms with E-state index in [9.17, 15) is 19.0 Å². The van der Waals surface area contributed by atoms with Crippen molar-refractivity contribution in [1.29, 1.82) is 0 Å². The summed E-state index contributed by atoms with van der Waals surface area (Å²) in [6.45, 7) is 3.57. The molecule has 10 heteroatoms. The molecule has 97 heavy (non-hydrogen) atoms. The highest BCUT2D eigenvalue weighted by Crippen LogP contribution is 2.43. The minimum atomic E-state index is -4.40. The van der Waals surface area contributed by atoms with E-state index in [0.29, 0.717) is 6.42 Å². The van der Waals surface area contributed by atoms with Gasteiger partial charge in [-0.25, -0.2) is 4.57 Å². The zero-order chi connectivity index (χ0) is 70.0. The van der Waals surface area contributed by atoms with Crippen molar-refractivity contribution in [3.63, 3.8) is 0 Å². The van der Waals surface area contributed by atoms with E-state index in [1.165, 1.54) is 250 Å². The van der Waals surface area contributed by atoms with Crippen LogP contribution in [-0.2, 0) is 32.7 Å². The maximum absolute atomic E-state index is 12.8. The summed E-state index contributed by atoms with van der Waals surface area (Å²) in [5.41, 5.74) is 5.42. The normalized spacial score (nSPS) is 13.5. The second-order valence-corrected chi connectivity index (χ2v) is 28.7. The van der Waals surface area contributed by atoms with Crippen LogP contribution in [0, 0.1) is 0 Å². The molecule has 3 N–H and O–H groups in total. The Morgan fingerprint density at radius 2 is 0.536 bits per heavy atom. The number of allylic oxidation sites excluding steroid dienone is 20. The van der Waals surface area contributed by atoms with Crippen LogP contribution in [0.15, 0.2) is 122 Å². The molecule has 0 saturated carbocycles. The standard InChI is InChI=1S/C87H154NO8P/c1-3-5-7-9-11-13-15-17-19-21-23-25-27-29-31-33-35-37-39-41-42-44-45-47-49-51-53-55-57-59-61-63-65-67-69-71-73-75-77-79-86(89)93-83-85(84-95-97(91,92)94-82-81-88)96-87(90)80-78-76-74-72-70-68-66-64-62-60-58-56-54-52-50-48-46-43-40-38-36-34-32-30-28-26-24-22-20-18-16-14-12-10-8-6-4-2/h5-8,11-14,17-20,23-26,30,32,36,38,85H,3-4,9-10,15-16,21-22,27-29,31,33-35,37,39-84,88H2,1-2H3,(H,91,92)/b7-5-,8-6-,13-11-,14-12-,19-17-,20-18-,25-23-,26-24-,32-30-,38-36-. The molecule has 0 heterocycles. The second-order valence-electron chi connectivity index (χ2n) is 27.2. The van der Waals surface area contributed by atoms with Crippen LogP contribution in [0.1, 0.15) is 386 Å². The van der Waals surface area contributed by atoms with Crippen molar-refractivity contribution >= 4 is 19.8 Å². The zero-order valence-electron chi connectivity index (χ0n) is 63.3. The minimum Gasteiger partial charge on any atom is -0.462 e. The molecule has 0 aromatic carbocycles. The van der Waals surface area contributed by atoms with Gasteiger partial charge in [-0.3, -0.25) is 18.6 Å². The monoisotopic (exact) mass is 1370 g/mol. The minimum absolute atomic E-state index is 0.0526. The first kappa shape index (κ1) is 93.4. The molecule has 0 rings (SSSR count). The first-order chi connectivity index (χ1) is 47.8. The number of hydrogen-bond acceptors (Lipinski definition) is 8. The molecule has 0 spiro atoms. The van der Waals surface area contributed by atoms with E-state index >= 15 is 0 Å². The van der Waals surface area contributed by atoms with Crippen LogP contribution in [0.4, 0.5) is 0 Å². The van der Waals surface area contributed by atoms with Crippen molar-refractivity contribution in [1.82, 2.24) is 0 Å². The van der Waals surface area contributed by atoms with Crippen LogP contribution in [0.25, 0.3) is 0 Å². The van der Waals surface area contributed by atoms with Gasteiger partial charge in [0, 0.05) is 19.4 Å². The summed E-state index contributed by atoms with van der Waals surface area (Å²) in [6.07, 6.45) is 115. The van der Waals surface area contributed by atoms with Gasteiger partial charge in [0.05, 0.1) is 13.2 Å². The molecular weight excluding hydrogens is 1220 g/mol. The molecule has 0 saturated heterocycles. The number of rotatable bonds is 77. The Kier molecular flexibility index (Phi) is 78.4. The third kappa shape index (κ3) is 81.3. The Hall–Kier alpha value is -3.59. The molecule has 2 atom stereocenters. The number of phosphoric acid groups is 1. The molecule has 0 bridgehead atoms. The maximum Gasteiger partial charge on any atom is 0.472 e. The predicted octanol–water partition coefficient (Wildman–Crippen LogP) is 27.8.